The number of ether oxygens (including phenoxy) is 1. The van der Waals surface area contributed by atoms with E-state index < -0.39 is 47.3 Å². The van der Waals surface area contributed by atoms with Crippen molar-refractivity contribution < 1.29 is 40.4 Å². The molecule has 1 amide bonds. The number of pyridine rings is 1. The fourth-order valence-corrected chi connectivity index (χ4v) is 2.82. The molecular formula is C19H14F6N4O4. The number of carbonyl (C=O) groups is 1. The van der Waals surface area contributed by atoms with E-state index in [1.807, 2.05) is 0 Å². The molecule has 1 atom stereocenters. The van der Waals surface area contributed by atoms with E-state index in [1.165, 1.54) is 18.3 Å². The summed E-state index contributed by atoms with van der Waals surface area (Å²) < 4.78 is 86.7. The van der Waals surface area contributed by atoms with E-state index in [9.17, 15) is 35.9 Å². The van der Waals surface area contributed by atoms with Gasteiger partial charge in [0.25, 0.3) is 5.56 Å². The Bertz CT molecular complexity index is 1200. The SMILES string of the molecule is COC(=O)NC(Cn1ccc(-c2noc(C(F)(F)F)n2)cc1=O)c1cccc(C(F)(F)F)c1. The molecule has 0 fully saturated rings. The van der Waals surface area contributed by atoms with Gasteiger partial charge in [0, 0.05) is 17.8 Å². The Labute approximate surface area is 180 Å². The van der Waals surface area contributed by atoms with Gasteiger partial charge in [-0.25, -0.2) is 4.79 Å². The molecule has 0 spiro atoms. The molecule has 14 heteroatoms. The Morgan fingerprint density at radius 2 is 1.88 bits per heavy atom. The minimum absolute atomic E-state index is 0.0409. The highest BCUT2D eigenvalue weighted by atomic mass is 19.4. The number of aromatic nitrogens is 3. The number of rotatable bonds is 5. The highest BCUT2D eigenvalue weighted by Gasteiger charge is 2.38. The summed E-state index contributed by atoms with van der Waals surface area (Å²) >= 11 is 0. The number of halogens is 6. The van der Waals surface area contributed by atoms with Crippen LogP contribution in [0.4, 0.5) is 31.1 Å². The third-order valence-corrected chi connectivity index (χ3v) is 4.40. The minimum Gasteiger partial charge on any atom is -0.453 e. The minimum atomic E-state index is -4.86. The summed E-state index contributed by atoms with van der Waals surface area (Å²) in [6, 6.07) is 5.17. The lowest BCUT2D eigenvalue weighted by Gasteiger charge is -2.21. The predicted molar refractivity (Wildman–Crippen MR) is 98.7 cm³/mol. The summed E-state index contributed by atoms with van der Waals surface area (Å²) in [4.78, 5) is 27.4. The Hall–Kier alpha value is -3.84. The second kappa shape index (κ2) is 8.96. The number of alkyl carbamates (subject to hydrolysis) is 1. The molecule has 0 saturated heterocycles. The second-order valence-electron chi connectivity index (χ2n) is 6.64. The predicted octanol–water partition coefficient (Wildman–Crippen LogP) is 4.03. The number of hydrogen-bond acceptors (Lipinski definition) is 6. The lowest BCUT2D eigenvalue weighted by Crippen LogP contribution is -2.34. The number of amides is 1. The Morgan fingerprint density at radius 1 is 1.15 bits per heavy atom. The molecular weight excluding hydrogens is 462 g/mol. The second-order valence-corrected chi connectivity index (χ2v) is 6.64. The third kappa shape index (κ3) is 5.70. The maximum Gasteiger partial charge on any atom is 0.471 e. The van der Waals surface area contributed by atoms with Crippen LogP contribution in [-0.2, 0) is 23.6 Å². The maximum absolute atomic E-state index is 13.1. The van der Waals surface area contributed by atoms with Gasteiger partial charge in [0.15, 0.2) is 0 Å². The molecule has 3 aromatic rings. The smallest absolute Gasteiger partial charge is 0.453 e. The molecule has 33 heavy (non-hydrogen) atoms. The van der Waals surface area contributed by atoms with E-state index in [4.69, 9.17) is 0 Å². The summed E-state index contributed by atoms with van der Waals surface area (Å²) in [6.45, 7) is -0.310. The summed E-state index contributed by atoms with van der Waals surface area (Å²) in [5.41, 5.74) is -1.74. The highest BCUT2D eigenvalue weighted by molar-refractivity contribution is 5.67. The number of alkyl halides is 6. The molecule has 0 aliphatic carbocycles. The largest absolute Gasteiger partial charge is 0.471 e. The molecule has 3 rings (SSSR count). The lowest BCUT2D eigenvalue weighted by atomic mass is 10.0. The summed E-state index contributed by atoms with van der Waals surface area (Å²) in [7, 11) is 1.06. The quantitative estimate of drug-likeness (QED) is 0.559. The fraction of sp³-hybridized carbons (Fsp3) is 0.263. The molecule has 1 unspecified atom stereocenters. The molecule has 0 bridgehead atoms. The van der Waals surface area contributed by atoms with Gasteiger partial charge in [0.2, 0.25) is 5.82 Å². The van der Waals surface area contributed by atoms with Gasteiger partial charge < -0.3 is 19.1 Å². The van der Waals surface area contributed by atoms with E-state index in [1.54, 1.807) is 0 Å². The third-order valence-electron chi connectivity index (χ3n) is 4.40. The molecule has 0 radical (unpaired) electrons. The molecule has 1 aromatic carbocycles. The molecule has 0 saturated carbocycles. The van der Waals surface area contributed by atoms with Gasteiger partial charge in [0.05, 0.1) is 25.3 Å². The van der Waals surface area contributed by atoms with E-state index >= 15 is 0 Å². The normalized spacial score (nSPS) is 12.9. The first-order chi connectivity index (χ1) is 15.4. The van der Waals surface area contributed by atoms with Crippen LogP contribution < -0.4 is 10.9 Å². The number of benzene rings is 1. The van der Waals surface area contributed by atoms with E-state index in [0.29, 0.717) is 0 Å². The van der Waals surface area contributed by atoms with Gasteiger partial charge in [-0.15, -0.1) is 0 Å². The van der Waals surface area contributed by atoms with Crippen molar-refractivity contribution in [1.29, 1.82) is 0 Å². The van der Waals surface area contributed by atoms with Gasteiger partial charge in [-0.2, -0.15) is 31.3 Å². The fourth-order valence-electron chi connectivity index (χ4n) is 2.82. The number of nitrogens with zero attached hydrogens (tertiary/aromatic N) is 3. The Kier molecular flexibility index (Phi) is 6.46. The standard InChI is InChI=1S/C19H14F6N4O4/c1-32-17(31)26-13(10-3-2-4-12(7-10)18(20,21)22)9-29-6-5-11(8-14(29)30)15-27-16(33-28-15)19(23,24)25/h2-8,13H,9H2,1H3,(H,26,31). The van der Waals surface area contributed by atoms with Crippen LogP contribution in [-0.4, -0.2) is 27.9 Å². The molecule has 2 heterocycles. The Morgan fingerprint density at radius 3 is 2.45 bits per heavy atom. The summed E-state index contributed by atoms with van der Waals surface area (Å²) in [5, 5.41) is 5.53. The summed E-state index contributed by atoms with van der Waals surface area (Å²) in [5.74, 6) is -2.07. The molecule has 0 aliphatic rings. The number of nitrogens with one attached hydrogen (secondary N) is 1. The van der Waals surface area contributed by atoms with Crippen LogP contribution in [0.2, 0.25) is 0 Å². The van der Waals surface area contributed by atoms with Crippen molar-refractivity contribution in [3.63, 3.8) is 0 Å². The van der Waals surface area contributed by atoms with Crippen LogP contribution in [0.25, 0.3) is 11.4 Å². The summed E-state index contributed by atoms with van der Waals surface area (Å²) in [6.07, 6.45) is -9.28. The monoisotopic (exact) mass is 476 g/mol. The number of hydrogen-bond donors (Lipinski definition) is 1. The van der Waals surface area contributed by atoms with Crippen LogP contribution in [0.5, 0.6) is 0 Å². The average Bonchev–Trinajstić information content (AvgIpc) is 3.25. The highest BCUT2D eigenvalue weighted by Crippen LogP contribution is 2.31. The molecule has 1 N–H and O–H groups in total. The van der Waals surface area contributed by atoms with Crippen LogP contribution in [0.15, 0.2) is 51.9 Å². The van der Waals surface area contributed by atoms with E-state index in [2.05, 4.69) is 24.7 Å². The van der Waals surface area contributed by atoms with Gasteiger partial charge >= 0.3 is 24.3 Å². The van der Waals surface area contributed by atoms with Crippen LogP contribution in [0, 0.1) is 0 Å². The van der Waals surface area contributed by atoms with Gasteiger partial charge in [-0.05, 0) is 23.8 Å². The topological polar surface area (TPSA) is 99.2 Å². The van der Waals surface area contributed by atoms with Crippen molar-refractivity contribution in [3.05, 3.63) is 70.0 Å². The average molecular weight is 476 g/mol. The first-order valence-electron chi connectivity index (χ1n) is 9.02. The Balaban J connectivity index is 1.91. The number of carbonyl (C=O) groups excluding carboxylic acids is 1. The van der Waals surface area contributed by atoms with Crippen molar-refractivity contribution in [2.45, 2.75) is 24.9 Å². The lowest BCUT2D eigenvalue weighted by molar-refractivity contribution is -0.159. The van der Waals surface area contributed by atoms with Gasteiger partial charge in [0.1, 0.15) is 0 Å². The van der Waals surface area contributed by atoms with Gasteiger partial charge in [-0.3, -0.25) is 4.79 Å². The van der Waals surface area contributed by atoms with Crippen molar-refractivity contribution in [3.8, 4) is 11.4 Å². The molecule has 0 aliphatic heterocycles. The van der Waals surface area contributed by atoms with Gasteiger partial charge in [-0.1, -0.05) is 17.3 Å². The van der Waals surface area contributed by atoms with E-state index in [-0.39, 0.29) is 17.7 Å². The molecule has 8 nitrogen and oxygen atoms in total. The van der Waals surface area contributed by atoms with Crippen LogP contribution in [0.3, 0.4) is 0 Å². The first-order valence-corrected chi connectivity index (χ1v) is 9.02. The van der Waals surface area contributed by atoms with E-state index in [0.717, 1.165) is 35.9 Å². The molecule has 176 valence electrons. The van der Waals surface area contributed by atoms with Crippen LogP contribution in [0.1, 0.15) is 23.1 Å². The van der Waals surface area contributed by atoms with Crippen LogP contribution >= 0.6 is 0 Å². The van der Waals surface area contributed by atoms with Crippen molar-refractivity contribution in [1.82, 2.24) is 20.0 Å². The van der Waals surface area contributed by atoms with Crippen molar-refractivity contribution >= 4 is 6.09 Å². The zero-order chi connectivity index (χ0) is 24.4. The molecule has 2 aromatic heterocycles. The maximum atomic E-state index is 13.1. The van der Waals surface area contributed by atoms with Crippen molar-refractivity contribution in [2.75, 3.05) is 7.11 Å². The van der Waals surface area contributed by atoms with Crippen molar-refractivity contribution in [2.24, 2.45) is 0 Å². The zero-order valence-electron chi connectivity index (χ0n) is 16.6. The zero-order valence-corrected chi connectivity index (χ0v) is 16.6. The number of methoxy groups -OCH3 is 1. The first kappa shape index (κ1) is 23.8.